The fourth-order valence-corrected chi connectivity index (χ4v) is 2.94. The van der Waals surface area contributed by atoms with Gasteiger partial charge in [0.25, 0.3) is 0 Å². The van der Waals surface area contributed by atoms with E-state index in [9.17, 15) is 14.7 Å². The number of carboxylic acids is 1. The molecule has 7 nitrogen and oxygen atoms in total. The summed E-state index contributed by atoms with van der Waals surface area (Å²) >= 11 is 0. The smallest absolute Gasteiger partial charge is 0.310 e. The Kier molecular flexibility index (Phi) is 4.09. The molecule has 0 radical (unpaired) electrons. The molecule has 0 bridgehead atoms. The molecule has 0 atom stereocenters. The number of carbonyl (C=O) groups excluding carboxylic acids is 1. The maximum absolute atomic E-state index is 12.3. The second-order valence-corrected chi connectivity index (χ2v) is 6.44. The minimum absolute atomic E-state index is 0.00572. The van der Waals surface area contributed by atoms with Crippen LogP contribution in [0.5, 0.6) is 0 Å². The molecule has 1 heterocycles. The molecule has 0 aliphatic heterocycles. The van der Waals surface area contributed by atoms with E-state index in [1.54, 1.807) is 0 Å². The Labute approximate surface area is 139 Å². The van der Waals surface area contributed by atoms with Crippen LogP contribution in [0.25, 0.3) is 11.4 Å². The molecule has 1 aliphatic rings. The van der Waals surface area contributed by atoms with Gasteiger partial charge < -0.3 is 10.4 Å². The predicted molar refractivity (Wildman–Crippen MR) is 88.5 cm³/mol. The number of carboxylic acid groups (broad SMARTS) is 1. The van der Waals surface area contributed by atoms with Crippen LogP contribution in [0.1, 0.15) is 37.1 Å². The monoisotopic (exact) mass is 328 g/mol. The fraction of sp³-hybridized carbons (Fsp3) is 0.412. The highest BCUT2D eigenvalue weighted by atomic mass is 16.4. The lowest BCUT2D eigenvalue weighted by atomic mass is 9.66. The van der Waals surface area contributed by atoms with E-state index in [1.165, 1.54) is 0 Å². The van der Waals surface area contributed by atoms with Crippen molar-refractivity contribution in [2.75, 3.05) is 5.32 Å². The zero-order chi connectivity index (χ0) is 17.3. The van der Waals surface area contributed by atoms with Crippen LogP contribution in [0, 0.1) is 19.3 Å². The summed E-state index contributed by atoms with van der Waals surface area (Å²) in [6.07, 6.45) is 1.99. The molecule has 3 rings (SSSR count). The van der Waals surface area contributed by atoms with Crippen molar-refractivity contribution in [2.45, 2.75) is 39.5 Å². The number of rotatable bonds is 5. The van der Waals surface area contributed by atoms with Crippen LogP contribution in [0.4, 0.5) is 5.69 Å². The van der Waals surface area contributed by atoms with Gasteiger partial charge in [0.15, 0.2) is 5.82 Å². The van der Waals surface area contributed by atoms with Crippen LogP contribution in [-0.2, 0) is 9.59 Å². The highest BCUT2D eigenvalue weighted by molar-refractivity contribution is 5.95. The first-order valence-electron chi connectivity index (χ1n) is 7.93. The molecule has 2 aromatic rings. The van der Waals surface area contributed by atoms with E-state index in [0.717, 1.165) is 17.5 Å². The summed E-state index contributed by atoms with van der Waals surface area (Å²) in [5, 5.41) is 19.1. The third-order valence-electron chi connectivity index (χ3n) is 4.63. The van der Waals surface area contributed by atoms with Gasteiger partial charge >= 0.3 is 5.97 Å². The Morgan fingerprint density at radius 1 is 1.33 bits per heavy atom. The number of aromatic nitrogens is 3. The Morgan fingerprint density at radius 2 is 2.08 bits per heavy atom. The number of aryl methyl sites for hydroxylation is 2. The van der Waals surface area contributed by atoms with Crippen LogP contribution < -0.4 is 5.32 Å². The molecule has 1 amide bonds. The molecule has 0 unspecified atom stereocenters. The van der Waals surface area contributed by atoms with Gasteiger partial charge in [0.2, 0.25) is 5.91 Å². The first kappa shape index (κ1) is 16.2. The predicted octanol–water partition coefficient (Wildman–Crippen LogP) is 2.67. The lowest BCUT2D eigenvalue weighted by Gasteiger charge is -2.36. The van der Waals surface area contributed by atoms with Crippen molar-refractivity contribution in [3.63, 3.8) is 0 Å². The molecule has 1 saturated carbocycles. The summed E-state index contributed by atoms with van der Waals surface area (Å²) in [6, 6.07) is 5.58. The standard InChI is InChI=1S/C17H20N4O3/c1-10-4-5-12(15-18-11(2)20-21-15)8-13(10)19-14(22)9-17(16(23)24)6-3-7-17/h4-5,8H,3,6-7,9H2,1-2H3,(H,19,22)(H,23,24)(H,18,20,21). The van der Waals surface area contributed by atoms with E-state index in [0.29, 0.717) is 30.2 Å². The lowest BCUT2D eigenvalue weighted by molar-refractivity contribution is -0.157. The number of nitrogens with one attached hydrogen (secondary N) is 2. The Bertz CT molecular complexity index is 793. The molecular weight excluding hydrogens is 308 g/mol. The van der Waals surface area contributed by atoms with Crippen LogP contribution in [0.3, 0.4) is 0 Å². The second kappa shape index (κ2) is 6.07. The maximum atomic E-state index is 12.3. The highest BCUT2D eigenvalue weighted by Crippen LogP contribution is 2.44. The summed E-state index contributed by atoms with van der Waals surface area (Å²) in [4.78, 5) is 28.0. The van der Waals surface area contributed by atoms with Gasteiger partial charge in [0.05, 0.1) is 5.41 Å². The summed E-state index contributed by atoms with van der Waals surface area (Å²) < 4.78 is 0. The summed E-state index contributed by atoms with van der Waals surface area (Å²) in [6.45, 7) is 3.70. The average molecular weight is 328 g/mol. The minimum Gasteiger partial charge on any atom is -0.481 e. The number of aromatic amines is 1. The van der Waals surface area contributed by atoms with Crippen molar-refractivity contribution in [3.8, 4) is 11.4 Å². The molecule has 1 fully saturated rings. The molecule has 0 spiro atoms. The SMILES string of the molecule is Cc1nc(-c2ccc(C)c(NC(=O)CC3(C(=O)O)CCC3)c2)n[nH]1. The van der Waals surface area contributed by atoms with Crippen molar-refractivity contribution < 1.29 is 14.7 Å². The van der Waals surface area contributed by atoms with Crippen molar-refractivity contribution in [3.05, 3.63) is 29.6 Å². The number of H-pyrrole nitrogens is 1. The molecule has 7 heteroatoms. The molecule has 24 heavy (non-hydrogen) atoms. The first-order chi connectivity index (χ1) is 11.4. The van der Waals surface area contributed by atoms with E-state index in [4.69, 9.17) is 0 Å². The minimum atomic E-state index is -0.892. The van der Waals surface area contributed by atoms with Crippen LogP contribution in [0.15, 0.2) is 18.2 Å². The molecule has 1 aliphatic carbocycles. The van der Waals surface area contributed by atoms with Gasteiger partial charge in [-0.2, -0.15) is 5.10 Å². The molecule has 1 aromatic heterocycles. The van der Waals surface area contributed by atoms with Crippen LogP contribution >= 0.6 is 0 Å². The summed E-state index contributed by atoms with van der Waals surface area (Å²) in [7, 11) is 0. The third kappa shape index (κ3) is 3.02. The molecule has 0 saturated heterocycles. The molecule has 3 N–H and O–H groups in total. The number of carbonyl (C=O) groups is 2. The molecule has 1 aromatic carbocycles. The van der Waals surface area contributed by atoms with E-state index in [1.807, 2.05) is 32.0 Å². The van der Waals surface area contributed by atoms with Gasteiger partial charge in [0.1, 0.15) is 5.82 Å². The number of anilines is 1. The highest BCUT2D eigenvalue weighted by Gasteiger charge is 2.45. The first-order valence-corrected chi connectivity index (χ1v) is 7.93. The fourth-order valence-electron chi connectivity index (χ4n) is 2.94. The number of nitrogens with zero attached hydrogens (tertiary/aromatic N) is 2. The topological polar surface area (TPSA) is 108 Å². The zero-order valence-electron chi connectivity index (χ0n) is 13.7. The molecular formula is C17H20N4O3. The lowest BCUT2D eigenvalue weighted by Crippen LogP contribution is -2.41. The van der Waals surface area contributed by atoms with Gasteiger partial charge in [0, 0.05) is 17.7 Å². The third-order valence-corrected chi connectivity index (χ3v) is 4.63. The number of benzene rings is 1. The molecule has 126 valence electrons. The number of hydrogen-bond acceptors (Lipinski definition) is 4. The largest absolute Gasteiger partial charge is 0.481 e. The maximum Gasteiger partial charge on any atom is 0.310 e. The van der Waals surface area contributed by atoms with Crippen LogP contribution in [-0.4, -0.2) is 32.2 Å². The Morgan fingerprint density at radius 3 is 2.62 bits per heavy atom. The van der Waals surface area contributed by atoms with Crippen molar-refractivity contribution in [1.82, 2.24) is 15.2 Å². The van der Waals surface area contributed by atoms with Gasteiger partial charge in [-0.25, -0.2) is 4.98 Å². The normalized spacial score (nSPS) is 15.6. The van der Waals surface area contributed by atoms with Gasteiger partial charge in [-0.05, 0) is 38.3 Å². The quantitative estimate of drug-likeness (QED) is 0.782. The van der Waals surface area contributed by atoms with E-state index >= 15 is 0 Å². The number of amides is 1. The van der Waals surface area contributed by atoms with Gasteiger partial charge in [-0.1, -0.05) is 18.6 Å². The van der Waals surface area contributed by atoms with Crippen molar-refractivity contribution in [2.24, 2.45) is 5.41 Å². The van der Waals surface area contributed by atoms with Crippen molar-refractivity contribution in [1.29, 1.82) is 0 Å². The Balaban J connectivity index is 1.77. The zero-order valence-corrected chi connectivity index (χ0v) is 13.7. The number of hydrogen-bond donors (Lipinski definition) is 3. The second-order valence-electron chi connectivity index (χ2n) is 6.44. The van der Waals surface area contributed by atoms with E-state index < -0.39 is 11.4 Å². The van der Waals surface area contributed by atoms with Gasteiger partial charge in [-0.15, -0.1) is 0 Å². The summed E-state index contributed by atoms with van der Waals surface area (Å²) in [5.41, 5.74) is 1.45. The van der Waals surface area contributed by atoms with Gasteiger partial charge in [-0.3, -0.25) is 14.7 Å². The van der Waals surface area contributed by atoms with Crippen molar-refractivity contribution >= 4 is 17.6 Å². The van der Waals surface area contributed by atoms with E-state index in [-0.39, 0.29) is 12.3 Å². The average Bonchev–Trinajstić information content (AvgIpc) is 2.91. The number of aliphatic carboxylic acids is 1. The Hall–Kier alpha value is -2.70. The van der Waals surface area contributed by atoms with E-state index in [2.05, 4.69) is 20.5 Å². The van der Waals surface area contributed by atoms with Crippen LogP contribution in [0.2, 0.25) is 0 Å². The summed E-state index contributed by atoms with van der Waals surface area (Å²) in [5.74, 6) is 0.114.